The van der Waals surface area contributed by atoms with Crippen LogP contribution in [0.25, 0.3) is 27.6 Å². The zero-order valence-electron chi connectivity index (χ0n) is 15.7. The van der Waals surface area contributed by atoms with Crippen molar-refractivity contribution in [2.75, 3.05) is 0 Å². The lowest BCUT2D eigenvalue weighted by Gasteiger charge is -2.11. The number of rotatable bonds is 4. The van der Waals surface area contributed by atoms with Crippen molar-refractivity contribution in [3.63, 3.8) is 0 Å². The summed E-state index contributed by atoms with van der Waals surface area (Å²) in [7, 11) is 0. The summed E-state index contributed by atoms with van der Waals surface area (Å²) in [5, 5.41) is 13.8. The third-order valence-corrected chi connectivity index (χ3v) is 6.12. The number of hydrogen-bond acceptors (Lipinski definition) is 4. The van der Waals surface area contributed by atoms with Crippen LogP contribution in [0.3, 0.4) is 0 Å². The number of aromatic nitrogens is 4. The average Bonchev–Trinajstić information content (AvgIpc) is 3.25. The molecule has 0 unspecified atom stereocenters. The van der Waals surface area contributed by atoms with Gasteiger partial charge in [0.2, 0.25) is 0 Å². The molecular weight excluding hydrogens is 492 g/mol. The summed E-state index contributed by atoms with van der Waals surface area (Å²) in [5.41, 5.74) is 3.19. The van der Waals surface area contributed by atoms with E-state index in [2.05, 4.69) is 15.3 Å². The predicted octanol–water partition coefficient (Wildman–Crippen LogP) is 7.43. The van der Waals surface area contributed by atoms with E-state index >= 15 is 0 Å². The van der Waals surface area contributed by atoms with E-state index in [1.807, 2.05) is 19.1 Å². The summed E-state index contributed by atoms with van der Waals surface area (Å²) in [6.45, 7) is 1.82. The highest BCUT2D eigenvalue weighted by atomic mass is 35.5. The molecule has 4 aromatic rings. The van der Waals surface area contributed by atoms with Gasteiger partial charge in [0.1, 0.15) is 10.7 Å². The Hall–Kier alpha value is -2.13. The molecule has 0 atom stereocenters. The van der Waals surface area contributed by atoms with Gasteiger partial charge in [0.25, 0.3) is 0 Å². The van der Waals surface area contributed by atoms with Crippen LogP contribution in [0, 0.1) is 6.92 Å². The smallest absolute Gasteiger partial charge is 0.231 e. The lowest BCUT2D eigenvalue weighted by atomic mass is 10.1. The Morgan fingerprint density at radius 1 is 0.968 bits per heavy atom. The van der Waals surface area contributed by atoms with Gasteiger partial charge in [-0.25, -0.2) is 4.68 Å². The molecule has 0 spiro atoms. The lowest BCUT2D eigenvalue weighted by molar-refractivity contribution is -0.127. The van der Waals surface area contributed by atoms with Crippen LogP contribution in [-0.4, -0.2) is 26.2 Å². The van der Waals surface area contributed by atoms with Gasteiger partial charge in [0.05, 0.1) is 22.8 Å². The van der Waals surface area contributed by atoms with E-state index in [1.54, 1.807) is 35.0 Å². The van der Waals surface area contributed by atoms with Crippen molar-refractivity contribution in [3.8, 4) is 27.6 Å². The molecule has 0 aliphatic heterocycles. The first-order valence-electron chi connectivity index (χ1n) is 8.83. The van der Waals surface area contributed by atoms with E-state index in [0.29, 0.717) is 37.7 Å². The predicted molar refractivity (Wildman–Crippen MR) is 117 cm³/mol. The summed E-state index contributed by atoms with van der Waals surface area (Å²) in [6.07, 6.45) is -5.51. The zero-order chi connectivity index (χ0) is 22.3. The van der Waals surface area contributed by atoms with Gasteiger partial charge in [-0.1, -0.05) is 58.3 Å². The molecule has 0 aliphatic rings. The van der Waals surface area contributed by atoms with Crippen molar-refractivity contribution in [2.45, 2.75) is 19.5 Å². The Bertz CT molecular complexity index is 1250. The monoisotopic (exact) mass is 502 g/mol. The van der Waals surface area contributed by atoms with Crippen LogP contribution in [0.1, 0.15) is 10.6 Å². The van der Waals surface area contributed by atoms with Crippen molar-refractivity contribution in [3.05, 3.63) is 68.1 Å². The first kappa shape index (κ1) is 22.1. The molecule has 4 rings (SSSR count). The fraction of sp³-hybridized carbons (Fsp3) is 0.150. The number of nitrogens with zero attached hydrogens (tertiary/aromatic N) is 4. The van der Waals surface area contributed by atoms with Crippen molar-refractivity contribution < 1.29 is 13.2 Å². The molecular formula is C20H12Cl3F3N4S. The van der Waals surface area contributed by atoms with Gasteiger partial charge in [0.15, 0.2) is 5.01 Å². The molecule has 0 N–H and O–H groups in total. The molecule has 2 heterocycles. The van der Waals surface area contributed by atoms with Gasteiger partial charge in [-0.05, 0) is 37.3 Å². The van der Waals surface area contributed by atoms with Gasteiger partial charge in [-0.3, -0.25) is 0 Å². The molecule has 11 heteroatoms. The number of alkyl halides is 3. The number of hydrogen-bond donors (Lipinski definition) is 0. The highest BCUT2D eigenvalue weighted by molar-refractivity contribution is 7.14. The topological polar surface area (TPSA) is 43.6 Å². The zero-order valence-corrected chi connectivity index (χ0v) is 18.8. The second-order valence-corrected chi connectivity index (χ2v) is 8.97. The Morgan fingerprint density at radius 3 is 2.29 bits per heavy atom. The highest BCUT2D eigenvalue weighted by Crippen LogP contribution is 2.37. The molecule has 0 saturated heterocycles. The van der Waals surface area contributed by atoms with E-state index in [0.717, 1.165) is 16.9 Å². The lowest BCUT2D eigenvalue weighted by Crippen LogP contribution is -2.11. The third kappa shape index (κ3) is 4.72. The Morgan fingerprint density at radius 2 is 1.65 bits per heavy atom. The van der Waals surface area contributed by atoms with Crippen LogP contribution < -0.4 is 0 Å². The SMILES string of the molecule is Cc1c(-c2nnc(CC(F)(F)F)s2)nn(-c2ccc(Cl)cc2Cl)c1-c1ccc(Cl)cc1. The van der Waals surface area contributed by atoms with E-state index in [4.69, 9.17) is 34.8 Å². The van der Waals surface area contributed by atoms with Crippen LogP contribution in [0.5, 0.6) is 0 Å². The first-order chi connectivity index (χ1) is 14.6. The molecule has 160 valence electrons. The molecule has 2 aromatic carbocycles. The maximum atomic E-state index is 12.7. The largest absolute Gasteiger partial charge is 0.395 e. The summed E-state index contributed by atoms with van der Waals surface area (Å²) in [4.78, 5) is 0. The van der Waals surface area contributed by atoms with Crippen molar-refractivity contribution in [1.82, 2.24) is 20.0 Å². The van der Waals surface area contributed by atoms with Gasteiger partial charge < -0.3 is 0 Å². The Balaban J connectivity index is 1.89. The molecule has 0 bridgehead atoms. The van der Waals surface area contributed by atoms with Gasteiger partial charge in [-0.15, -0.1) is 10.2 Å². The maximum Gasteiger partial charge on any atom is 0.395 e. The van der Waals surface area contributed by atoms with E-state index < -0.39 is 12.6 Å². The number of halogens is 6. The average molecular weight is 504 g/mol. The molecule has 0 aliphatic carbocycles. The van der Waals surface area contributed by atoms with Crippen molar-refractivity contribution in [2.24, 2.45) is 0 Å². The quantitative estimate of drug-likeness (QED) is 0.291. The molecule has 0 saturated carbocycles. The molecule has 4 nitrogen and oxygen atoms in total. The van der Waals surface area contributed by atoms with E-state index in [9.17, 15) is 13.2 Å². The van der Waals surface area contributed by atoms with E-state index in [1.165, 1.54) is 0 Å². The van der Waals surface area contributed by atoms with E-state index in [-0.39, 0.29) is 10.0 Å². The summed E-state index contributed by atoms with van der Waals surface area (Å²) >= 11 is 19.3. The van der Waals surface area contributed by atoms with Crippen LogP contribution >= 0.6 is 46.1 Å². The fourth-order valence-electron chi connectivity index (χ4n) is 3.07. The minimum absolute atomic E-state index is 0.131. The second-order valence-electron chi connectivity index (χ2n) is 6.63. The molecule has 0 amide bonds. The van der Waals surface area contributed by atoms with Crippen LogP contribution in [0.2, 0.25) is 15.1 Å². The first-order valence-corrected chi connectivity index (χ1v) is 10.8. The van der Waals surface area contributed by atoms with Gasteiger partial charge >= 0.3 is 6.18 Å². The summed E-state index contributed by atoms with van der Waals surface area (Å²) < 4.78 is 39.8. The normalized spacial score (nSPS) is 11.8. The third-order valence-electron chi connectivity index (χ3n) is 4.40. The summed E-state index contributed by atoms with van der Waals surface area (Å²) in [6, 6.07) is 12.1. The van der Waals surface area contributed by atoms with Crippen molar-refractivity contribution in [1.29, 1.82) is 0 Å². The van der Waals surface area contributed by atoms with Crippen LogP contribution in [0.15, 0.2) is 42.5 Å². The van der Waals surface area contributed by atoms with Gasteiger partial charge in [-0.2, -0.15) is 18.3 Å². The summed E-state index contributed by atoms with van der Waals surface area (Å²) in [5.74, 6) is 0. The van der Waals surface area contributed by atoms with Crippen LogP contribution in [0.4, 0.5) is 13.2 Å². The maximum absolute atomic E-state index is 12.7. The van der Waals surface area contributed by atoms with Gasteiger partial charge in [0, 0.05) is 21.2 Å². The second kappa shape index (κ2) is 8.43. The number of benzene rings is 2. The standard InChI is InChI=1S/C20H12Cl3F3N4S/c1-10-17(19-28-27-16(31-19)9-20(24,25)26)29-30(15-7-6-13(22)8-14(15)23)18(10)11-2-4-12(21)5-3-11/h2-8H,9H2,1H3. The van der Waals surface area contributed by atoms with Crippen LogP contribution in [-0.2, 0) is 6.42 Å². The minimum atomic E-state index is -4.36. The fourth-order valence-corrected chi connectivity index (χ4v) is 4.59. The minimum Gasteiger partial charge on any atom is -0.231 e. The van der Waals surface area contributed by atoms with Crippen molar-refractivity contribution >= 4 is 46.1 Å². The molecule has 31 heavy (non-hydrogen) atoms. The highest BCUT2D eigenvalue weighted by Gasteiger charge is 2.30. The molecule has 2 aromatic heterocycles. The molecule has 0 radical (unpaired) electrons. The Labute approximate surface area is 194 Å². The Kier molecular flexibility index (Phi) is 6.00. The molecule has 0 fully saturated rings.